The summed E-state index contributed by atoms with van der Waals surface area (Å²) in [4.78, 5) is 25.7. The summed E-state index contributed by atoms with van der Waals surface area (Å²) in [6.45, 7) is 5.94. The number of carbonyl (C=O) groups excluding carboxylic acids is 1. The molecule has 0 bridgehead atoms. The van der Waals surface area contributed by atoms with Crippen LogP contribution in [0.1, 0.15) is 62.0 Å². The molecule has 2 saturated heterocycles. The van der Waals surface area contributed by atoms with Gasteiger partial charge in [0.2, 0.25) is 5.91 Å². The molecule has 5 heteroatoms. The number of likely N-dealkylation sites (tertiary alicyclic amines) is 2. The molecule has 3 aliphatic rings. The van der Waals surface area contributed by atoms with Gasteiger partial charge in [0.05, 0.1) is 0 Å². The first-order valence-corrected chi connectivity index (χ1v) is 15.5. The molecule has 0 radical (unpaired) electrons. The first kappa shape index (κ1) is 27.0. The van der Waals surface area contributed by atoms with E-state index < -0.39 is 0 Å². The molecule has 3 fully saturated rings. The highest BCUT2D eigenvalue weighted by Crippen LogP contribution is 2.36. The number of amides is 1. The molecule has 2 atom stereocenters. The standard InChI is InChI=1S/C35H44N4O/c40-35(30-16-8-3-9-17-30)38-26-31(33(27-38)29-14-6-2-7-15-29)25-37-22-19-32(20-23-37)39(34-18-10-11-21-36-34)24-28-12-4-1-5-13-28/h1-2,4-7,10-15,18,21,30-33H,3,8-9,16-17,19-20,22-27H2/t31-,33+/m0/s1. The van der Waals surface area contributed by atoms with Gasteiger partial charge in [-0.1, -0.05) is 86.0 Å². The van der Waals surface area contributed by atoms with Crippen molar-refractivity contribution in [3.05, 3.63) is 96.2 Å². The van der Waals surface area contributed by atoms with Crippen LogP contribution in [0, 0.1) is 11.8 Å². The van der Waals surface area contributed by atoms with Gasteiger partial charge >= 0.3 is 0 Å². The maximum absolute atomic E-state index is 13.5. The molecule has 0 spiro atoms. The first-order chi connectivity index (χ1) is 19.7. The molecule has 1 aliphatic carbocycles. The van der Waals surface area contributed by atoms with Crippen molar-refractivity contribution in [2.75, 3.05) is 37.6 Å². The molecule has 5 nitrogen and oxygen atoms in total. The van der Waals surface area contributed by atoms with Crippen LogP contribution < -0.4 is 4.90 Å². The van der Waals surface area contributed by atoms with Gasteiger partial charge in [0.1, 0.15) is 5.82 Å². The van der Waals surface area contributed by atoms with Crippen LogP contribution in [0.3, 0.4) is 0 Å². The van der Waals surface area contributed by atoms with E-state index in [0.717, 1.165) is 70.8 Å². The Hall–Kier alpha value is -3.18. The molecular weight excluding hydrogens is 492 g/mol. The molecule has 3 heterocycles. The van der Waals surface area contributed by atoms with Crippen LogP contribution in [0.25, 0.3) is 0 Å². The number of piperidine rings is 1. The van der Waals surface area contributed by atoms with E-state index in [1.165, 1.54) is 30.4 Å². The van der Waals surface area contributed by atoms with Crippen LogP contribution in [0.4, 0.5) is 5.82 Å². The third-order valence-electron chi connectivity index (χ3n) is 9.56. The third-order valence-corrected chi connectivity index (χ3v) is 9.56. The summed E-state index contributed by atoms with van der Waals surface area (Å²) in [7, 11) is 0. The summed E-state index contributed by atoms with van der Waals surface area (Å²) < 4.78 is 0. The minimum absolute atomic E-state index is 0.252. The normalized spacial score (nSPS) is 22.9. The molecule has 3 aromatic rings. The SMILES string of the molecule is O=C(C1CCCCC1)N1C[C@H](CN2CCC(N(Cc3ccccc3)c3ccccn3)CC2)[C@@H](c2ccccc2)C1. The molecule has 1 aromatic heterocycles. The Morgan fingerprint density at radius 1 is 0.800 bits per heavy atom. The van der Waals surface area contributed by atoms with Crippen LogP contribution >= 0.6 is 0 Å². The number of nitrogens with zero attached hydrogens (tertiary/aromatic N) is 4. The van der Waals surface area contributed by atoms with Crippen molar-refractivity contribution in [2.45, 2.75) is 63.5 Å². The molecule has 1 saturated carbocycles. The van der Waals surface area contributed by atoms with E-state index in [4.69, 9.17) is 4.98 Å². The van der Waals surface area contributed by atoms with Gasteiger partial charge in [-0.25, -0.2) is 4.98 Å². The van der Waals surface area contributed by atoms with Crippen LogP contribution in [-0.4, -0.2) is 59.5 Å². The molecule has 6 rings (SSSR count). The van der Waals surface area contributed by atoms with E-state index in [0.29, 0.717) is 23.8 Å². The van der Waals surface area contributed by atoms with Crippen molar-refractivity contribution in [3.63, 3.8) is 0 Å². The van der Waals surface area contributed by atoms with Crippen LogP contribution in [0.15, 0.2) is 85.1 Å². The van der Waals surface area contributed by atoms with Crippen LogP contribution in [0.5, 0.6) is 0 Å². The Balaban J connectivity index is 1.12. The highest BCUT2D eigenvalue weighted by atomic mass is 16.2. The van der Waals surface area contributed by atoms with Crippen molar-refractivity contribution in [1.82, 2.24) is 14.8 Å². The van der Waals surface area contributed by atoms with Gasteiger partial charge in [-0.15, -0.1) is 0 Å². The lowest BCUT2D eigenvalue weighted by Gasteiger charge is -2.40. The molecule has 210 valence electrons. The average Bonchev–Trinajstić information content (AvgIpc) is 3.45. The lowest BCUT2D eigenvalue weighted by atomic mass is 9.88. The largest absolute Gasteiger partial charge is 0.349 e. The monoisotopic (exact) mass is 536 g/mol. The number of rotatable bonds is 8. The quantitative estimate of drug-likeness (QED) is 0.335. The van der Waals surface area contributed by atoms with E-state index >= 15 is 0 Å². The second-order valence-electron chi connectivity index (χ2n) is 12.2. The number of anilines is 1. The van der Waals surface area contributed by atoms with Crippen molar-refractivity contribution < 1.29 is 4.79 Å². The molecular formula is C35H44N4O. The number of carbonyl (C=O) groups is 1. The maximum Gasteiger partial charge on any atom is 0.225 e. The molecule has 0 N–H and O–H groups in total. The Kier molecular flexibility index (Phi) is 8.77. The fourth-order valence-corrected chi connectivity index (χ4v) is 7.37. The zero-order valence-corrected chi connectivity index (χ0v) is 23.8. The topological polar surface area (TPSA) is 39.7 Å². The van der Waals surface area contributed by atoms with E-state index in [1.54, 1.807) is 0 Å². The third kappa shape index (κ3) is 6.41. The summed E-state index contributed by atoms with van der Waals surface area (Å²) in [5.41, 5.74) is 2.72. The Morgan fingerprint density at radius 3 is 2.20 bits per heavy atom. The number of hydrogen-bond donors (Lipinski definition) is 0. The number of pyridine rings is 1. The van der Waals surface area contributed by atoms with Gasteiger partial charge in [0.15, 0.2) is 0 Å². The smallest absolute Gasteiger partial charge is 0.225 e. The highest BCUT2D eigenvalue weighted by Gasteiger charge is 2.39. The number of aromatic nitrogens is 1. The van der Waals surface area contributed by atoms with Gasteiger partial charge in [0.25, 0.3) is 0 Å². The predicted molar refractivity (Wildman–Crippen MR) is 162 cm³/mol. The van der Waals surface area contributed by atoms with E-state index in [1.807, 2.05) is 12.3 Å². The number of benzene rings is 2. The van der Waals surface area contributed by atoms with Crippen molar-refractivity contribution in [2.24, 2.45) is 11.8 Å². The molecule has 0 unspecified atom stereocenters. The van der Waals surface area contributed by atoms with Gasteiger partial charge in [-0.2, -0.15) is 0 Å². The minimum atomic E-state index is 0.252. The Morgan fingerprint density at radius 2 is 1.50 bits per heavy atom. The molecule has 2 aliphatic heterocycles. The van der Waals surface area contributed by atoms with Crippen molar-refractivity contribution >= 4 is 11.7 Å². The summed E-state index contributed by atoms with van der Waals surface area (Å²) in [5, 5.41) is 0. The van der Waals surface area contributed by atoms with Gasteiger partial charge in [0, 0.05) is 63.3 Å². The Labute approximate surface area is 240 Å². The van der Waals surface area contributed by atoms with Crippen molar-refractivity contribution in [1.29, 1.82) is 0 Å². The highest BCUT2D eigenvalue weighted by molar-refractivity contribution is 5.79. The van der Waals surface area contributed by atoms with Crippen LogP contribution in [0.2, 0.25) is 0 Å². The van der Waals surface area contributed by atoms with Crippen LogP contribution in [-0.2, 0) is 11.3 Å². The second kappa shape index (κ2) is 13.0. The fourth-order valence-electron chi connectivity index (χ4n) is 7.37. The predicted octanol–water partition coefficient (Wildman–Crippen LogP) is 6.38. The van der Waals surface area contributed by atoms with E-state index in [-0.39, 0.29) is 5.92 Å². The zero-order chi connectivity index (χ0) is 27.1. The lowest BCUT2D eigenvalue weighted by molar-refractivity contribution is -0.135. The van der Waals surface area contributed by atoms with Crippen molar-refractivity contribution in [3.8, 4) is 0 Å². The maximum atomic E-state index is 13.5. The minimum Gasteiger partial charge on any atom is -0.349 e. The zero-order valence-electron chi connectivity index (χ0n) is 23.8. The second-order valence-corrected chi connectivity index (χ2v) is 12.2. The summed E-state index contributed by atoms with van der Waals surface area (Å²) >= 11 is 0. The average molecular weight is 537 g/mol. The summed E-state index contributed by atoms with van der Waals surface area (Å²) in [5.74, 6) is 2.66. The summed E-state index contributed by atoms with van der Waals surface area (Å²) in [6, 6.07) is 28.5. The molecule has 40 heavy (non-hydrogen) atoms. The van der Waals surface area contributed by atoms with E-state index in [2.05, 4.69) is 87.5 Å². The van der Waals surface area contributed by atoms with E-state index in [9.17, 15) is 4.79 Å². The van der Waals surface area contributed by atoms with Gasteiger partial charge in [-0.3, -0.25) is 4.79 Å². The summed E-state index contributed by atoms with van der Waals surface area (Å²) in [6.07, 6.45) is 10.1. The first-order valence-electron chi connectivity index (χ1n) is 15.5. The fraction of sp³-hybridized carbons (Fsp3) is 0.486. The molecule has 1 amide bonds. The Bertz CT molecular complexity index is 1190. The van der Waals surface area contributed by atoms with Gasteiger partial charge in [-0.05, 0) is 54.9 Å². The number of hydrogen-bond acceptors (Lipinski definition) is 4. The lowest BCUT2D eigenvalue weighted by Crippen LogP contribution is -2.46. The van der Waals surface area contributed by atoms with Gasteiger partial charge < -0.3 is 14.7 Å². The molecule has 2 aromatic carbocycles.